The van der Waals surface area contributed by atoms with Gasteiger partial charge in [0.25, 0.3) is 0 Å². The zero-order valence-corrected chi connectivity index (χ0v) is 17.2. The van der Waals surface area contributed by atoms with Gasteiger partial charge in [-0.3, -0.25) is 4.79 Å². The number of aliphatic hydroxyl groups is 1. The van der Waals surface area contributed by atoms with Gasteiger partial charge in [0, 0.05) is 17.4 Å². The minimum atomic E-state index is -0.905. The van der Waals surface area contributed by atoms with E-state index in [0.717, 1.165) is 29.2 Å². The van der Waals surface area contributed by atoms with E-state index >= 15 is 0 Å². The van der Waals surface area contributed by atoms with Crippen LogP contribution < -0.4 is 10.2 Å². The molecule has 0 bridgehead atoms. The van der Waals surface area contributed by atoms with Gasteiger partial charge < -0.3 is 10.4 Å². The Labute approximate surface area is 169 Å². The number of benzene rings is 1. The minimum Gasteiger partial charge on any atom is -0.394 e. The van der Waals surface area contributed by atoms with Crippen LogP contribution in [0.2, 0.25) is 0 Å². The summed E-state index contributed by atoms with van der Waals surface area (Å²) in [5.41, 5.74) is 0.638. The molecule has 1 aromatic carbocycles. The Hall–Kier alpha value is -1.31. The molecule has 2 heterocycles. The molecule has 11 heteroatoms. The number of fused-ring (bicyclic) bond motifs is 1. The van der Waals surface area contributed by atoms with E-state index in [1.165, 1.54) is 14.9 Å². The van der Waals surface area contributed by atoms with Gasteiger partial charge in [0.2, 0.25) is 0 Å². The van der Waals surface area contributed by atoms with Crippen LogP contribution in [-0.2, 0) is 5.75 Å². The number of aliphatic hydroxyl groups excluding tert-OH is 1. The summed E-state index contributed by atoms with van der Waals surface area (Å²) in [5, 5.41) is 12.6. The standard InChI is InChI=1S/C15H13F2IN4O2S2/c1-7(5-23)19-12-11-13(22(18)15(24)26-11)21-14(20-12)25-6-8-3-2-4-9(16)10(8)17/h2-4,7,23H,5-6H2,1H3,(H,19,20,21)/t7-/m1/s1. The van der Waals surface area contributed by atoms with Crippen LogP contribution in [0.4, 0.5) is 14.6 Å². The van der Waals surface area contributed by atoms with Crippen molar-refractivity contribution in [2.24, 2.45) is 0 Å². The molecule has 138 valence electrons. The third-order valence-electron chi connectivity index (χ3n) is 3.41. The molecule has 0 saturated heterocycles. The molecule has 0 radical (unpaired) electrons. The third-order valence-corrected chi connectivity index (χ3v) is 6.46. The molecule has 0 unspecified atom stereocenters. The fraction of sp³-hybridized carbons (Fsp3) is 0.267. The molecule has 1 atom stereocenters. The molecule has 0 aliphatic heterocycles. The van der Waals surface area contributed by atoms with Crippen molar-refractivity contribution in [3.8, 4) is 0 Å². The predicted molar refractivity (Wildman–Crippen MR) is 107 cm³/mol. The van der Waals surface area contributed by atoms with Gasteiger partial charge in [-0.05, 0) is 13.0 Å². The number of thiazole rings is 1. The molecule has 0 aliphatic rings. The molecule has 0 amide bonds. The summed E-state index contributed by atoms with van der Waals surface area (Å²) in [6.07, 6.45) is 0. The highest BCUT2D eigenvalue weighted by Crippen LogP contribution is 2.30. The van der Waals surface area contributed by atoms with E-state index in [4.69, 9.17) is 0 Å². The van der Waals surface area contributed by atoms with Gasteiger partial charge in [-0.25, -0.2) is 21.5 Å². The summed E-state index contributed by atoms with van der Waals surface area (Å²) in [4.78, 5) is 20.5. The molecule has 6 nitrogen and oxygen atoms in total. The van der Waals surface area contributed by atoms with Crippen molar-refractivity contribution in [1.82, 2.24) is 12.7 Å². The Bertz CT molecular complexity index is 1010. The fourth-order valence-corrected chi connectivity index (χ4v) is 4.50. The Morgan fingerprint density at radius 3 is 2.92 bits per heavy atom. The summed E-state index contributed by atoms with van der Waals surface area (Å²) in [5.74, 6) is -1.23. The molecule has 0 saturated carbocycles. The fourth-order valence-electron chi connectivity index (χ4n) is 2.10. The maximum atomic E-state index is 13.8. The van der Waals surface area contributed by atoms with Gasteiger partial charge in [0.05, 0.1) is 29.5 Å². The topological polar surface area (TPSA) is 80.0 Å². The highest BCUT2D eigenvalue weighted by Gasteiger charge is 2.17. The lowest BCUT2D eigenvalue weighted by molar-refractivity contribution is 0.281. The van der Waals surface area contributed by atoms with Crippen molar-refractivity contribution in [2.75, 3.05) is 11.9 Å². The Balaban J connectivity index is 1.96. The first-order valence-electron chi connectivity index (χ1n) is 7.43. The number of anilines is 1. The second-order valence-electron chi connectivity index (χ2n) is 5.39. The number of aromatic nitrogens is 3. The van der Waals surface area contributed by atoms with Gasteiger partial charge >= 0.3 is 4.87 Å². The van der Waals surface area contributed by atoms with Crippen LogP contribution in [0.1, 0.15) is 12.5 Å². The summed E-state index contributed by atoms with van der Waals surface area (Å²) in [6.45, 7) is 1.66. The van der Waals surface area contributed by atoms with E-state index in [1.807, 2.05) is 22.9 Å². The molecule has 2 N–H and O–H groups in total. The van der Waals surface area contributed by atoms with Crippen molar-refractivity contribution in [2.45, 2.75) is 23.9 Å². The van der Waals surface area contributed by atoms with E-state index < -0.39 is 11.6 Å². The van der Waals surface area contributed by atoms with Crippen molar-refractivity contribution in [3.05, 3.63) is 45.1 Å². The van der Waals surface area contributed by atoms with E-state index in [1.54, 1.807) is 6.92 Å². The quantitative estimate of drug-likeness (QED) is 0.301. The van der Waals surface area contributed by atoms with Crippen molar-refractivity contribution >= 4 is 62.1 Å². The zero-order chi connectivity index (χ0) is 18.8. The lowest BCUT2D eigenvalue weighted by Crippen LogP contribution is -2.20. The van der Waals surface area contributed by atoms with E-state index in [9.17, 15) is 18.7 Å². The summed E-state index contributed by atoms with van der Waals surface area (Å²) in [7, 11) is 0. The largest absolute Gasteiger partial charge is 0.394 e. The van der Waals surface area contributed by atoms with Gasteiger partial charge in [-0.15, -0.1) is 0 Å². The molecular formula is C15H13F2IN4O2S2. The number of hydrogen-bond donors (Lipinski definition) is 2. The first kappa shape index (κ1) is 19.5. The predicted octanol–water partition coefficient (Wildman–Crippen LogP) is 3.41. The average Bonchev–Trinajstić information content (AvgIpc) is 2.91. The first-order chi connectivity index (χ1) is 12.4. The molecule has 0 aliphatic carbocycles. The average molecular weight is 510 g/mol. The van der Waals surface area contributed by atoms with E-state index in [2.05, 4.69) is 15.3 Å². The Kier molecular flexibility index (Phi) is 6.10. The Morgan fingerprint density at radius 2 is 2.19 bits per heavy atom. The molecule has 3 aromatic rings. The summed E-state index contributed by atoms with van der Waals surface area (Å²) in [6, 6.07) is 3.72. The van der Waals surface area contributed by atoms with Crippen LogP contribution >= 0.6 is 46.0 Å². The smallest absolute Gasteiger partial charge is 0.318 e. The lowest BCUT2D eigenvalue weighted by atomic mass is 10.2. The number of nitrogens with zero attached hydrogens (tertiary/aromatic N) is 3. The summed E-state index contributed by atoms with van der Waals surface area (Å²) >= 11 is 3.98. The zero-order valence-electron chi connectivity index (χ0n) is 13.4. The first-order valence-corrected chi connectivity index (χ1v) is 10.2. The van der Waals surface area contributed by atoms with Gasteiger partial charge in [-0.1, -0.05) is 35.2 Å². The number of rotatable bonds is 6. The second-order valence-corrected chi connectivity index (χ2v) is 8.25. The molecule has 3 rings (SSSR count). The van der Waals surface area contributed by atoms with Crippen LogP contribution in [0.3, 0.4) is 0 Å². The minimum absolute atomic E-state index is 0.109. The van der Waals surface area contributed by atoms with E-state index in [-0.39, 0.29) is 28.8 Å². The molecule has 0 spiro atoms. The van der Waals surface area contributed by atoms with E-state index in [0.29, 0.717) is 21.3 Å². The van der Waals surface area contributed by atoms with Crippen LogP contribution in [0.5, 0.6) is 0 Å². The molecular weight excluding hydrogens is 497 g/mol. The van der Waals surface area contributed by atoms with Crippen LogP contribution in [0.25, 0.3) is 10.3 Å². The van der Waals surface area contributed by atoms with Crippen molar-refractivity contribution < 1.29 is 13.9 Å². The molecule has 2 aromatic heterocycles. The van der Waals surface area contributed by atoms with Crippen molar-refractivity contribution in [3.63, 3.8) is 0 Å². The van der Waals surface area contributed by atoms with Gasteiger partial charge in [0.15, 0.2) is 28.3 Å². The lowest BCUT2D eigenvalue weighted by Gasteiger charge is -2.13. The highest BCUT2D eigenvalue weighted by molar-refractivity contribution is 14.1. The SMILES string of the molecule is C[C@H](CO)Nc1nc(SCc2cccc(F)c2F)nc2c1sc(=O)n2I. The van der Waals surface area contributed by atoms with Crippen LogP contribution in [-0.4, -0.2) is 30.5 Å². The maximum Gasteiger partial charge on any atom is 0.318 e. The van der Waals surface area contributed by atoms with Gasteiger partial charge in [0.1, 0.15) is 4.70 Å². The van der Waals surface area contributed by atoms with Gasteiger partial charge in [-0.2, -0.15) is 0 Å². The second kappa shape index (κ2) is 8.15. The summed E-state index contributed by atoms with van der Waals surface area (Å²) < 4.78 is 29.1. The van der Waals surface area contributed by atoms with Crippen LogP contribution in [0.15, 0.2) is 28.2 Å². The Morgan fingerprint density at radius 1 is 1.42 bits per heavy atom. The number of halogens is 3. The molecule has 26 heavy (non-hydrogen) atoms. The van der Waals surface area contributed by atoms with Crippen molar-refractivity contribution in [1.29, 1.82) is 0 Å². The molecule has 0 fully saturated rings. The number of thioether (sulfide) groups is 1. The highest BCUT2D eigenvalue weighted by atomic mass is 127. The van der Waals surface area contributed by atoms with Crippen LogP contribution in [0, 0.1) is 11.6 Å². The number of hydrogen-bond acceptors (Lipinski definition) is 7. The number of nitrogens with one attached hydrogen (secondary N) is 1. The maximum absolute atomic E-state index is 13.8. The normalized spacial score (nSPS) is 12.5. The monoisotopic (exact) mass is 510 g/mol. The third kappa shape index (κ3) is 4.00.